The van der Waals surface area contributed by atoms with Crippen LogP contribution in [0.2, 0.25) is 10.0 Å². The highest BCUT2D eigenvalue weighted by Gasteiger charge is 2.10. The second-order valence-corrected chi connectivity index (χ2v) is 5.87. The molecule has 0 aliphatic carbocycles. The van der Waals surface area contributed by atoms with E-state index in [4.69, 9.17) is 23.2 Å². The van der Waals surface area contributed by atoms with Gasteiger partial charge in [0, 0.05) is 23.3 Å². The molecule has 5 heteroatoms. The average Bonchev–Trinajstić information content (AvgIpc) is 2.97. The standard InChI is InChI=1S/C17H14Cl2N2O/c18-13-3-4-15(19)14(10-13)17(22)21-7-5-11-1-2-12-6-8-20-16(12)9-11/h1-4,6,8-10,20H,5,7H2,(H,21,22). The second-order valence-electron chi connectivity index (χ2n) is 5.03. The van der Waals surface area contributed by atoms with Crippen LogP contribution in [-0.2, 0) is 6.42 Å². The molecule has 0 aliphatic heterocycles. The van der Waals surface area contributed by atoms with E-state index in [0.29, 0.717) is 22.2 Å². The summed E-state index contributed by atoms with van der Waals surface area (Å²) in [7, 11) is 0. The van der Waals surface area contributed by atoms with E-state index in [2.05, 4.69) is 28.5 Å². The summed E-state index contributed by atoms with van der Waals surface area (Å²) in [5, 5.41) is 4.93. The van der Waals surface area contributed by atoms with Gasteiger partial charge < -0.3 is 10.3 Å². The van der Waals surface area contributed by atoms with E-state index in [1.54, 1.807) is 18.2 Å². The highest BCUT2D eigenvalue weighted by molar-refractivity contribution is 6.35. The van der Waals surface area contributed by atoms with Gasteiger partial charge in [-0.25, -0.2) is 0 Å². The number of amides is 1. The van der Waals surface area contributed by atoms with Crippen molar-refractivity contribution in [2.75, 3.05) is 6.54 Å². The fraction of sp³-hybridized carbons (Fsp3) is 0.118. The van der Waals surface area contributed by atoms with E-state index in [9.17, 15) is 4.79 Å². The maximum Gasteiger partial charge on any atom is 0.252 e. The molecule has 22 heavy (non-hydrogen) atoms. The van der Waals surface area contributed by atoms with Gasteiger partial charge >= 0.3 is 0 Å². The minimum absolute atomic E-state index is 0.214. The molecule has 112 valence electrons. The molecule has 3 rings (SSSR count). The number of carbonyl (C=O) groups excluding carboxylic acids is 1. The normalized spacial score (nSPS) is 10.8. The minimum atomic E-state index is -0.214. The minimum Gasteiger partial charge on any atom is -0.361 e. The molecule has 0 saturated heterocycles. The van der Waals surface area contributed by atoms with Crippen LogP contribution in [0.5, 0.6) is 0 Å². The summed E-state index contributed by atoms with van der Waals surface area (Å²) in [5.74, 6) is -0.214. The largest absolute Gasteiger partial charge is 0.361 e. The molecular formula is C17H14Cl2N2O. The van der Waals surface area contributed by atoms with E-state index < -0.39 is 0 Å². The van der Waals surface area contributed by atoms with Gasteiger partial charge in [0.15, 0.2) is 0 Å². The van der Waals surface area contributed by atoms with Gasteiger partial charge in [-0.1, -0.05) is 35.3 Å². The van der Waals surface area contributed by atoms with E-state index >= 15 is 0 Å². The number of rotatable bonds is 4. The molecule has 0 spiro atoms. The molecular weight excluding hydrogens is 319 g/mol. The Balaban J connectivity index is 1.62. The third-order valence-corrected chi connectivity index (χ3v) is 4.06. The van der Waals surface area contributed by atoms with Crippen molar-refractivity contribution in [3.63, 3.8) is 0 Å². The summed E-state index contributed by atoms with van der Waals surface area (Å²) in [4.78, 5) is 15.3. The molecule has 2 aromatic carbocycles. The number of H-pyrrole nitrogens is 1. The summed E-state index contributed by atoms with van der Waals surface area (Å²) in [6.45, 7) is 0.536. The molecule has 1 amide bonds. The summed E-state index contributed by atoms with van der Waals surface area (Å²) < 4.78 is 0. The second kappa shape index (κ2) is 6.42. The molecule has 0 saturated carbocycles. The van der Waals surface area contributed by atoms with E-state index in [1.807, 2.05) is 12.3 Å². The first-order valence-electron chi connectivity index (χ1n) is 6.93. The smallest absolute Gasteiger partial charge is 0.252 e. The van der Waals surface area contributed by atoms with Gasteiger partial charge in [-0.2, -0.15) is 0 Å². The zero-order chi connectivity index (χ0) is 15.5. The highest BCUT2D eigenvalue weighted by atomic mass is 35.5. The Morgan fingerprint density at radius 2 is 1.95 bits per heavy atom. The van der Waals surface area contributed by atoms with Crippen molar-refractivity contribution in [1.29, 1.82) is 0 Å². The predicted octanol–water partition coefficient (Wildman–Crippen LogP) is 4.45. The molecule has 2 N–H and O–H groups in total. The maximum atomic E-state index is 12.1. The van der Waals surface area contributed by atoms with Gasteiger partial charge in [0.25, 0.3) is 5.91 Å². The van der Waals surface area contributed by atoms with Crippen molar-refractivity contribution in [2.45, 2.75) is 6.42 Å². The fourth-order valence-corrected chi connectivity index (χ4v) is 2.71. The van der Waals surface area contributed by atoms with Gasteiger partial charge in [-0.05, 0) is 47.7 Å². The zero-order valence-electron chi connectivity index (χ0n) is 11.7. The lowest BCUT2D eigenvalue weighted by molar-refractivity contribution is 0.0954. The number of carbonyl (C=O) groups is 1. The molecule has 0 radical (unpaired) electrons. The number of hydrogen-bond acceptors (Lipinski definition) is 1. The molecule has 0 atom stereocenters. The molecule has 3 aromatic rings. The molecule has 0 bridgehead atoms. The van der Waals surface area contributed by atoms with Crippen LogP contribution in [0.3, 0.4) is 0 Å². The Morgan fingerprint density at radius 3 is 2.82 bits per heavy atom. The summed E-state index contributed by atoms with van der Waals surface area (Å²) >= 11 is 11.9. The lowest BCUT2D eigenvalue weighted by Gasteiger charge is -2.07. The van der Waals surface area contributed by atoms with Crippen LogP contribution in [0, 0.1) is 0 Å². The first kappa shape index (κ1) is 14.9. The van der Waals surface area contributed by atoms with Gasteiger partial charge in [-0.15, -0.1) is 0 Å². The maximum absolute atomic E-state index is 12.1. The Kier molecular flexibility index (Phi) is 4.36. The third kappa shape index (κ3) is 3.26. The molecule has 0 aliphatic rings. The van der Waals surface area contributed by atoms with Crippen molar-refractivity contribution in [3.8, 4) is 0 Å². The lowest BCUT2D eigenvalue weighted by Crippen LogP contribution is -2.26. The summed E-state index contributed by atoms with van der Waals surface area (Å²) in [6.07, 6.45) is 2.66. The molecule has 0 unspecified atom stereocenters. The monoisotopic (exact) mass is 332 g/mol. The Labute approximate surface area is 138 Å². The van der Waals surface area contributed by atoms with Gasteiger partial charge in [0.2, 0.25) is 0 Å². The number of halogens is 2. The number of nitrogens with one attached hydrogen (secondary N) is 2. The van der Waals surface area contributed by atoms with E-state index in [0.717, 1.165) is 17.5 Å². The van der Waals surface area contributed by atoms with Crippen LogP contribution in [-0.4, -0.2) is 17.4 Å². The zero-order valence-corrected chi connectivity index (χ0v) is 13.2. The number of benzene rings is 2. The topological polar surface area (TPSA) is 44.9 Å². The number of aromatic amines is 1. The van der Waals surface area contributed by atoms with E-state index in [1.165, 1.54) is 5.39 Å². The fourth-order valence-electron chi connectivity index (χ4n) is 2.34. The third-order valence-electron chi connectivity index (χ3n) is 3.49. The molecule has 1 aromatic heterocycles. The molecule has 1 heterocycles. The van der Waals surface area contributed by atoms with Crippen molar-refractivity contribution >= 4 is 40.0 Å². The first-order chi connectivity index (χ1) is 10.6. The van der Waals surface area contributed by atoms with Crippen LogP contribution >= 0.6 is 23.2 Å². The predicted molar refractivity (Wildman–Crippen MR) is 90.8 cm³/mol. The lowest BCUT2D eigenvalue weighted by atomic mass is 10.1. The number of aromatic nitrogens is 1. The highest BCUT2D eigenvalue weighted by Crippen LogP contribution is 2.20. The Morgan fingerprint density at radius 1 is 1.09 bits per heavy atom. The Hall–Kier alpha value is -1.97. The van der Waals surface area contributed by atoms with Crippen molar-refractivity contribution in [3.05, 3.63) is 69.8 Å². The van der Waals surface area contributed by atoms with Crippen molar-refractivity contribution in [1.82, 2.24) is 10.3 Å². The van der Waals surface area contributed by atoms with Crippen LogP contribution in [0.4, 0.5) is 0 Å². The average molecular weight is 333 g/mol. The van der Waals surface area contributed by atoms with Crippen LogP contribution < -0.4 is 5.32 Å². The molecule has 0 fully saturated rings. The van der Waals surface area contributed by atoms with E-state index in [-0.39, 0.29) is 5.91 Å². The van der Waals surface area contributed by atoms with Gasteiger partial charge in [0.05, 0.1) is 10.6 Å². The Bertz CT molecular complexity index is 826. The van der Waals surface area contributed by atoms with Gasteiger partial charge in [-0.3, -0.25) is 4.79 Å². The van der Waals surface area contributed by atoms with Crippen molar-refractivity contribution < 1.29 is 4.79 Å². The quantitative estimate of drug-likeness (QED) is 0.728. The molecule has 3 nitrogen and oxygen atoms in total. The van der Waals surface area contributed by atoms with Crippen molar-refractivity contribution in [2.24, 2.45) is 0 Å². The SMILES string of the molecule is O=C(NCCc1ccc2cc[nH]c2c1)c1cc(Cl)ccc1Cl. The summed E-state index contributed by atoms with van der Waals surface area (Å²) in [6, 6.07) is 13.1. The van der Waals surface area contributed by atoms with Crippen LogP contribution in [0.15, 0.2) is 48.7 Å². The van der Waals surface area contributed by atoms with Crippen LogP contribution in [0.25, 0.3) is 10.9 Å². The number of fused-ring (bicyclic) bond motifs is 1. The van der Waals surface area contributed by atoms with Crippen LogP contribution in [0.1, 0.15) is 15.9 Å². The van der Waals surface area contributed by atoms with Gasteiger partial charge in [0.1, 0.15) is 0 Å². The summed E-state index contributed by atoms with van der Waals surface area (Å²) in [5.41, 5.74) is 2.66. The number of hydrogen-bond donors (Lipinski definition) is 2. The first-order valence-corrected chi connectivity index (χ1v) is 7.68.